The Hall–Kier alpha value is -1.26. The van der Waals surface area contributed by atoms with E-state index in [1.807, 2.05) is 23.1 Å². The SMILES string of the molecule is Cc1csc2cc(C3=C(C(C)C)SC4=NCCN43)ccc12. The van der Waals surface area contributed by atoms with E-state index in [-0.39, 0.29) is 0 Å². The van der Waals surface area contributed by atoms with Gasteiger partial charge in [-0.15, -0.1) is 11.3 Å². The van der Waals surface area contributed by atoms with Crippen molar-refractivity contribution in [3.63, 3.8) is 0 Å². The second-order valence-corrected chi connectivity index (χ2v) is 7.84. The van der Waals surface area contributed by atoms with Crippen LogP contribution in [0.2, 0.25) is 0 Å². The minimum Gasteiger partial charge on any atom is -0.318 e. The molecule has 4 rings (SSSR count). The van der Waals surface area contributed by atoms with Crippen LogP contribution < -0.4 is 0 Å². The van der Waals surface area contributed by atoms with E-state index in [9.17, 15) is 0 Å². The van der Waals surface area contributed by atoms with Gasteiger partial charge in [0.15, 0.2) is 5.17 Å². The second-order valence-electron chi connectivity index (χ2n) is 5.92. The summed E-state index contributed by atoms with van der Waals surface area (Å²) in [5, 5.41) is 4.82. The third kappa shape index (κ3) is 2.04. The zero-order valence-electron chi connectivity index (χ0n) is 12.5. The lowest BCUT2D eigenvalue weighted by atomic mass is 10.0. The van der Waals surface area contributed by atoms with Crippen LogP contribution in [-0.2, 0) is 0 Å². The average molecular weight is 314 g/mol. The van der Waals surface area contributed by atoms with Crippen molar-refractivity contribution in [3.8, 4) is 0 Å². The summed E-state index contributed by atoms with van der Waals surface area (Å²) >= 11 is 3.71. The minimum absolute atomic E-state index is 0.541. The van der Waals surface area contributed by atoms with Crippen molar-refractivity contribution < 1.29 is 0 Å². The molecule has 0 saturated heterocycles. The molecule has 0 radical (unpaired) electrons. The Balaban J connectivity index is 1.88. The molecule has 21 heavy (non-hydrogen) atoms. The van der Waals surface area contributed by atoms with E-state index in [4.69, 9.17) is 0 Å². The minimum atomic E-state index is 0.541. The first kappa shape index (κ1) is 13.4. The summed E-state index contributed by atoms with van der Waals surface area (Å²) in [6.07, 6.45) is 0. The summed E-state index contributed by atoms with van der Waals surface area (Å²) < 4.78 is 1.38. The van der Waals surface area contributed by atoms with Crippen molar-refractivity contribution in [2.24, 2.45) is 10.9 Å². The van der Waals surface area contributed by atoms with Crippen LogP contribution in [0, 0.1) is 12.8 Å². The van der Waals surface area contributed by atoms with Crippen molar-refractivity contribution in [2.75, 3.05) is 13.1 Å². The molecule has 2 aromatic rings. The van der Waals surface area contributed by atoms with Gasteiger partial charge in [-0.25, -0.2) is 0 Å². The first-order valence-electron chi connectivity index (χ1n) is 7.37. The van der Waals surface area contributed by atoms with Crippen molar-refractivity contribution in [1.29, 1.82) is 0 Å². The fraction of sp³-hybridized carbons (Fsp3) is 0.353. The Labute approximate surface area is 133 Å². The van der Waals surface area contributed by atoms with Crippen LogP contribution in [-0.4, -0.2) is 23.2 Å². The molecule has 2 aliphatic heterocycles. The fourth-order valence-corrected chi connectivity index (χ4v) is 5.19. The lowest BCUT2D eigenvalue weighted by Gasteiger charge is -2.18. The monoisotopic (exact) mass is 314 g/mol. The number of thioether (sulfide) groups is 1. The molecular weight excluding hydrogens is 296 g/mol. The van der Waals surface area contributed by atoms with Gasteiger partial charge in [-0.2, -0.15) is 0 Å². The summed E-state index contributed by atoms with van der Waals surface area (Å²) in [5.41, 5.74) is 4.11. The zero-order valence-corrected chi connectivity index (χ0v) is 14.1. The number of hydrogen-bond donors (Lipinski definition) is 0. The van der Waals surface area contributed by atoms with Crippen molar-refractivity contribution >= 4 is 44.0 Å². The van der Waals surface area contributed by atoms with Gasteiger partial charge in [0.05, 0.1) is 12.2 Å². The molecule has 0 unspecified atom stereocenters. The van der Waals surface area contributed by atoms with E-state index >= 15 is 0 Å². The standard InChI is InChI=1S/C17H18N2S2/c1-10(2)16-15(19-7-6-18-17(19)21-16)12-4-5-13-11(3)9-20-14(13)8-12/h4-5,8-10H,6-7H2,1-3H3. The lowest BCUT2D eigenvalue weighted by molar-refractivity contribution is 0.641. The van der Waals surface area contributed by atoms with Gasteiger partial charge >= 0.3 is 0 Å². The van der Waals surface area contributed by atoms with Crippen LogP contribution in [0.5, 0.6) is 0 Å². The van der Waals surface area contributed by atoms with E-state index in [1.54, 1.807) is 0 Å². The highest BCUT2D eigenvalue weighted by Crippen LogP contribution is 2.45. The number of benzene rings is 1. The Morgan fingerprint density at radius 1 is 1.29 bits per heavy atom. The summed E-state index contributed by atoms with van der Waals surface area (Å²) in [6.45, 7) is 8.69. The molecule has 0 amide bonds. The number of hydrogen-bond acceptors (Lipinski definition) is 4. The molecular formula is C17H18N2S2. The molecule has 0 aliphatic carbocycles. The molecule has 0 atom stereocenters. The zero-order chi connectivity index (χ0) is 14.6. The van der Waals surface area contributed by atoms with Gasteiger partial charge in [0.25, 0.3) is 0 Å². The number of aryl methyl sites for hydroxylation is 1. The van der Waals surface area contributed by atoms with Gasteiger partial charge in [0.1, 0.15) is 0 Å². The van der Waals surface area contributed by atoms with E-state index in [1.165, 1.54) is 37.0 Å². The van der Waals surface area contributed by atoms with Crippen LogP contribution in [0.25, 0.3) is 15.8 Å². The molecule has 3 heterocycles. The van der Waals surface area contributed by atoms with Crippen LogP contribution >= 0.6 is 23.1 Å². The fourth-order valence-electron chi connectivity index (χ4n) is 3.00. The smallest absolute Gasteiger partial charge is 0.168 e. The number of aliphatic imine (C=N–C) groups is 1. The average Bonchev–Trinajstić information content (AvgIpc) is 3.12. The lowest BCUT2D eigenvalue weighted by Crippen LogP contribution is -2.20. The van der Waals surface area contributed by atoms with E-state index in [0.29, 0.717) is 5.92 Å². The number of allylic oxidation sites excluding steroid dienone is 1. The summed E-state index contributed by atoms with van der Waals surface area (Å²) in [4.78, 5) is 8.50. The molecule has 0 fully saturated rings. The van der Waals surface area contributed by atoms with Gasteiger partial charge in [-0.3, -0.25) is 4.99 Å². The maximum Gasteiger partial charge on any atom is 0.168 e. The van der Waals surface area contributed by atoms with Crippen LogP contribution in [0.15, 0.2) is 33.5 Å². The highest BCUT2D eigenvalue weighted by molar-refractivity contribution is 8.17. The molecule has 4 heteroatoms. The highest BCUT2D eigenvalue weighted by atomic mass is 32.2. The number of amidine groups is 1. The largest absolute Gasteiger partial charge is 0.318 e. The number of fused-ring (bicyclic) bond motifs is 2. The quantitative estimate of drug-likeness (QED) is 0.779. The molecule has 0 bridgehead atoms. The maximum atomic E-state index is 4.64. The van der Waals surface area contributed by atoms with Crippen LogP contribution in [0.4, 0.5) is 0 Å². The third-order valence-electron chi connectivity index (χ3n) is 4.07. The molecule has 2 aliphatic rings. The Kier molecular flexibility index (Phi) is 3.12. The molecule has 0 saturated carbocycles. The Bertz CT molecular complexity index is 783. The molecule has 2 nitrogen and oxygen atoms in total. The molecule has 0 N–H and O–H groups in total. The molecule has 1 aromatic carbocycles. The van der Waals surface area contributed by atoms with Gasteiger partial charge in [0.2, 0.25) is 0 Å². The van der Waals surface area contributed by atoms with Crippen LogP contribution in [0.3, 0.4) is 0 Å². The first-order valence-corrected chi connectivity index (χ1v) is 9.07. The summed E-state index contributed by atoms with van der Waals surface area (Å²) in [7, 11) is 0. The topological polar surface area (TPSA) is 15.6 Å². The Morgan fingerprint density at radius 3 is 2.95 bits per heavy atom. The van der Waals surface area contributed by atoms with Crippen molar-refractivity contribution in [2.45, 2.75) is 20.8 Å². The summed E-state index contributed by atoms with van der Waals surface area (Å²) in [5.74, 6) is 0.541. The number of rotatable bonds is 2. The first-order chi connectivity index (χ1) is 10.1. The highest BCUT2D eigenvalue weighted by Gasteiger charge is 2.34. The second kappa shape index (κ2) is 4.89. The summed E-state index contributed by atoms with van der Waals surface area (Å²) in [6, 6.07) is 6.91. The van der Waals surface area contributed by atoms with Gasteiger partial charge in [-0.1, -0.05) is 37.7 Å². The molecule has 0 spiro atoms. The normalized spacial score (nSPS) is 18.1. The predicted molar refractivity (Wildman–Crippen MR) is 94.9 cm³/mol. The maximum absolute atomic E-state index is 4.64. The third-order valence-corrected chi connectivity index (χ3v) is 6.55. The van der Waals surface area contributed by atoms with Gasteiger partial charge in [-0.05, 0) is 35.2 Å². The predicted octanol–water partition coefficient (Wildman–Crippen LogP) is 4.95. The van der Waals surface area contributed by atoms with Crippen molar-refractivity contribution in [3.05, 3.63) is 39.6 Å². The van der Waals surface area contributed by atoms with Crippen LogP contribution in [0.1, 0.15) is 25.0 Å². The van der Waals surface area contributed by atoms with Gasteiger partial charge in [0, 0.05) is 21.7 Å². The number of thiophene rings is 1. The Morgan fingerprint density at radius 2 is 2.14 bits per heavy atom. The van der Waals surface area contributed by atoms with E-state index in [0.717, 1.165) is 13.1 Å². The number of nitrogens with zero attached hydrogens (tertiary/aromatic N) is 2. The van der Waals surface area contributed by atoms with E-state index in [2.05, 4.69) is 54.2 Å². The van der Waals surface area contributed by atoms with E-state index < -0.39 is 0 Å². The van der Waals surface area contributed by atoms with Gasteiger partial charge < -0.3 is 4.90 Å². The molecule has 108 valence electrons. The van der Waals surface area contributed by atoms with Crippen molar-refractivity contribution in [1.82, 2.24) is 4.90 Å². The molecule has 1 aromatic heterocycles.